The maximum atomic E-state index is 4.91. The van der Waals surface area contributed by atoms with Crippen molar-refractivity contribution in [2.45, 2.75) is 6.04 Å². The second-order valence-electron chi connectivity index (χ2n) is 6.68. The summed E-state index contributed by atoms with van der Waals surface area (Å²) in [6, 6.07) is 9.06. The first-order chi connectivity index (χ1) is 11.3. The van der Waals surface area contributed by atoms with Crippen molar-refractivity contribution >= 4 is 16.7 Å². The topological polar surface area (TPSA) is 48.0 Å². The number of hydrogen-bond acceptors (Lipinski definition) is 4. The van der Waals surface area contributed by atoms with Gasteiger partial charge in [-0.25, -0.2) is 4.98 Å². The van der Waals surface area contributed by atoms with Crippen LogP contribution in [0, 0.1) is 5.92 Å². The lowest BCUT2D eigenvalue weighted by molar-refractivity contribution is 0.0827. The first-order valence-electron chi connectivity index (χ1n) is 8.13. The zero-order chi connectivity index (χ0) is 15.4. The predicted molar refractivity (Wildman–Crippen MR) is 91.4 cm³/mol. The molecule has 5 rings (SSSR count). The monoisotopic (exact) mass is 305 g/mol. The molecule has 4 heterocycles. The lowest BCUT2D eigenvalue weighted by atomic mass is 9.93. The van der Waals surface area contributed by atoms with E-state index in [1.807, 2.05) is 18.6 Å². The van der Waals surface area contributed by atoms with E-state index in [0.717, 1.165) is 41.6 Å². The van der Waals surface area contributed by atoms with Crippen LogP contribution < -0.4 is 4.90 Å². The molecule has 5 nitrogen and oxygen atoms in total. The molecule has 2 saturated heterocycles. The SMILES string of the molecule is CN1C[C@@H]2CN(c3cncc(-c4cccc5[nH]ccc45)n3)C[C@H]21. The largest absolute Gasteiger partial charge is 0.361 e. The van der Waals surface area contributed by atoms with Gasteiger partial charge >= 0.3 is 0 Å². The number of nitrogens with one attached hydrogen (secondary N) is 1. The van der Waals surface area contributed by atoms with Gasteiger partial charge in [-0.2, -0.15) is 0 Å². The van der Waals surface area contributed by atoms with Crippen LogP contribution in [-0.2, 0) is 0 Å². The molecule has 2 atom stereocenters. The Morgan fingerprint density at radius 1 is 1.13 bits per heavy atom. The predicted octanol–water partition coefficient (Wildman–Crippen LogP) is 2.38. The van der Waals surface area contributed by atoms with Crippen molar-refractivity contribution in [3.05, 3.63) is 42.9 Å². The van der Waals surface area contributed by atoms with E-state index in [2.05, 4.69) is 51.1 Å². The Balaban J connectivity index is 1.52. The van der Waals surface area contributed by atoms with Crippen LogP contribution in [0.2, 0.25) is 0 Å². The molecule has 0 unspecified atom stereocenters. The van der Waals surface area contributed by atoms with Crippen LogP contribution in [0.4, 0.5) is 5.82 Å². The fourth-order valence-corrected chi connectivity index (χ4v) is 4.03. The van der Waals surface area contributed by atoms with E-state index >= 15 is 0 Å². The molecule has 1 N–H and O–H groups in total. The Bertz CT molecular complexity index is 870. The number of benzene rings is 1. The molecule has 2 fully saturated rings. The highest BCUT2D eigenvalue weighted by atomic mass is 15.3. The van der Waals surface area contributed by atoms with Crippen LogP contribution in [0.1, 0.15) is 0 Å². The zero-order valence-corrected chi connectivity index (χ0v) is 13.1. The highest BCUT2D eigenvalue weighted by molar-refractivity contribution is 5.94. The molecule has 0 bridgehead atoms. The minimum Gasteiger partial charge on any atom is -0.361 e. The summed E-state index contributed by atoms with van der Waals surface area (Å²) in [6.45, 7) is 3.37. The second-order valence-corrected chi connectivity index (χ2v) is 6.68. The number of fused-ring (bicyclic) bond motifs is 2. The number of hydrogen-bond donors (Lipinski definition) is 1. The van der Waals surface area contributed by atoms with E-state index in [-0.39, 0.29) is 0 Å². The lowest BCUT2D eigenvalue weighted by Crippen LogP contribution is -2.52. The molecular formula is C18H19N5. The number of aromatic nitrogens is 3. The molecule has 116 valence electrons. The van der Waals surface area contributed by atoms with E-state index in [1.165, 1.54) is 11.9 Å². The molecule has 3 aromatic rings. The van der Waals surface area contributed by atoms with Crippen molar-refractivity contribution < 1.29 is 0 Å². The van der Waals surface area contributed by atoms with Gasteiger partial charge in [0.05, 0.1) is 18.1 Å². The van der Waals surface area contributed by atoms with E-state index in [1.54, 1.807) is 0 Å². The third-order valence-electron chi connectivity index (χ3n) is 5.31. The van der Waals surface area contributed by atoms with Crippen LogP contribution in [-0.4, -0.2) is 52.6 Å². The highest BCUT2D eigenvalue weighted by Gasteiger charge is 2.43. The van der Waals surface area contributed by atoms with Crippen LogP contribution >= 0.6 is 0 Å². The van der Waals surface area contributed by atoms with Gasteiger partial charge in [0.1, 0.15) is 5.82 Å². The molecule has 0 amide bonds. The van der Waals surface area contributed by atoms with Gasteiger partial charge in [0.15, 0.2) is 0 Å². The van der Waals surface area contributed by atoms with Gasteiger partial charge in [-0.15, -0.1) is 0 Å². The van der Waals surface area contributed by atoms with Crippen LogP contribution in [0.25, 0.3) is 22.2 Å². The Morgan fingerprint density at radius 2 is 2.09 bits per heavy atom. The number of aromatic amines is 1. The Hall–Kier alpha value is -2.40. The van der Waals surface area contributed by atoms with Crippen LogP contribution in [0.5, 0.6) is 0 Å². The fourth-order valence-electron chi connectivity index (χ4n) is 4.03. The molecule has 23 heavy (non-hydrogen) atoms. The number of likely N-dealkylation sites (N-methyl/N-ethyl adjacent to an activating group) is 1. The van der Waals surface area contributed by atoms with E-state index in [9.17, 15) is 0 Å². The van der Waals surface area contributed by atoms with Gasteiger partial charge in [-0.05, 0) is 19.2 Å². The molecule has 0 saturated carbocycles. The summed E-state index contributed by atoms with van der Waals surface area (Å²) in [7, 11) is 2.21. The standard InChI is InChI=1S/C18H19N5/c1-22-9-12-10-23(11-17(12)22)18-8-19-7-16(21-18)13-3-2-4-15-14(13)5-6-20-15/h2-8,12,17,20H,9-11H2,1H3/t12-,17-/m1/s1. The minimum atomic E-state index is 0.688. The molecule has 0 aliphatic carbocycles. The van der Waals surface area contributed by atoms with Crippen molar-refractivity contribution in [1.82, 2.24) is 19.9 Å². The molecule has 0 spiro atoms. The van der Waals surface area contributed by atoms with E-state index < -0.39 is 0 Å². The summed E-state index contributed by atoms with van der Waals surface area (Å²) in [5, 5.41) is 1.19. The first kappa shape index (κ1) is 13.1. The summed E-state index contributed by atoms with van der Waals surface area (Å²) < 4.78 is 0. The van der Waals surface area contributed by atoms with Crippen molar-refractivity contribution in [2.24, 2.45) is 5.92 Å². The molecular weight excluding hydrogens is 286 g/mol. The molecule has 2 aromatic heterocycles. The third-order valence-corrected chi connectivity index (χ3v) is 5.31. The number of nitrogens with zero attached hydrogens (tertiary/aromatic N) is 4. The average molecular weight is 305 g/mol. The Morgan fingerprint density at radius 3 is 2.96 bits per heavy atom. The number of likely N-dealkylation sites (tertiary alicyclic amines) is 1. The average Bonchev–Trinajstić information content (AvgIpc) is 3.18. The van der Waals surface area contributed by atoms with Gasteiger partial charge in [0.25, 0.3) is 0 Å². The summed E-state index contributed by atoms with van der Waals surface area (Å²) in [5.74, 6) is 1.79. The molecule has 1 aromatic carbocycles. The fraction of sp³-hybridized carbons (Fsp3) is 0.333. The van der Waals surface area contributed by atoms with Gasteiger partial charge in [-0.3, -0.25) is 4.98 Å². The summed E-state index contributed by atoms with van der Waals surface area (Å²) in [4.78, 5) is 17.4. The van der Waals surface area contributed by atoms with E-state index in [0.29, 0.717) is 6.04 Å². The second kappa shape index (κ2) is 4.80. The highest BCUT2D eigenvalue weighted by Crippen LogP contribution is 2.34. The van der Waals surface area contributed by atoms with E-state index in [4.69, 9.17) is 4.98 Å². The maximum Gasteiger partial charge on any atom is 0.147 e. The Labute approximate surface area is 135 Å². The minimum absolute atomic E-state index is 0.688. The number of H-pyrrole nitrogens is 1. The van der Waals surface area contributed by atoms with Crippen molar-refractivity contribution in [3.8, 4) is 11.3 Å². The van der Waals surface area contributed by atoms with Crippen molar-refractivity contribution in [3.63, 3.8) is 0 Å². The Kier molecular flexibility index (Phi) is 2.73. The first-order valence-corrected chi connectivity index (χ1v) is 8.13. The van der Waals surface area contributed by atoms with Gasteiger partial charge in [-0.1, -0.05) is 12.1 Å². The molecule has 5 heteroatoms. The molecule has 2 aliphatic heterocycles. The van der Waals surface area contributed by atoms with Crippen molar-refractivity contribution in [2.75, 3.05) is 31.6 Å². The van der Waals surface area contributed by atoms with Crippen molar-refractivity contribution in [1.29, 1.82) is 0 Å². The quantitative estimate of drug-likeness (QED) is 0.790. The smallest absolute Gasteiger partial charge is 0.147 e. The third kappa shape index (κ3) is 1.96. The summed E-state index contributed by atoms with van der Waals surface area (Å²) in [6.07, 6.45) is 5.73. The number of anilines is 1. The maximum absolute atomic E-state index is 4.91. The van der Waals surface area contributed by atoms with Gasteiger partial charge in [0, 0.05) is 54.3 Å². The van der Waals surface area contributed by atoms with Crippen LogP contribution in [0.3, 0.4) is 0 Å². The summed E-state index contributed by atoms with van der Waals surface area (Å²) >= 11 is 0. The van der Waals surface area contributed by atoms with Gasteiger partial charge < -0.3 is 14.8 Å². The molecule has 2 aliphatic rings. The normalized spacial score (nSPS) is 24.0. The van der Waals surface area contributed by atoms with Gasteiger partial charge in [0.2, 0.25) is 0 Å². The zero-order valence-electron chi connectivity index (χ0n) is 13.1. The molecule has 0 radical (unpaired) electrons. The summed E-state index contributed by atoms with van der Waals surface area (Å²) in [5.41, 5.74) is 3.22. The lowest BCUT2D eigenvalue weighted by Gasteiger charge is -2.40. The van der Waals surface area contributed by atoms with Crippen LogP contribution in [0.15, 0.2) is 42.9 Å². The number of rotatable bonds is 2.